The van der Waals surface area contributed by atoms with Crippen molar-refractivity contribution in [2.45, 2.75) is 12.2 Å². The summed E-state index contributed by atoms with van der Waals surface area (Å²) in [4.78, 5) is 12.6. The number of benzene rings is 1. The summed E-state index contributed by atoms with van der Waals surface area (Å²) in [7, 11) is 3.21. The average molecular weight is 267 g/mol. The fourth-order valence-corrected chi connectivity index (χ4v) is 2.40. The van der Waals surface area contributed by atoms with Crippen molar-refractivity contribution in [3.8, 4) is 0 Å². The van der Waals surface area contributed by atoms with Crippen LogP contribution in [-0.4, -0.2) is 44.4 Å². The third kappa shape index (κ3) is 2.47. The second-order valence-corrected chi connectivity index (χ2v) is 4.43. The fraction of sp³-hybridized carbons (Fsp3) is 0.500. The van der Waals surface area contributed by atoms with Gasteiger partial charge in [-0.05, 0) is 12.1 Å². The lowest BCUT2D eigenvalue weighted by Gasteiger charge is -2.18. The predicted molar refractivity (Wildman–Crippen MR) is 71.3 cm³/mol. The minimum absolute atomic E-state index is 0.0610. The van der Waals surface area contributed by atoms with Gasteiger partial charge in [0.05, 0.1) is 4.92 Å². The van der Waals surface area contributed by atoms with Gasteiger partial charge in [0.25, 0.3) is 0 Å². The highest BCUT2D eigenvalue weighted by atomic mass is 16.6. The smallest absolute Gasteiger partial charge is 0.315 e. The van der Waals surface area contributed by atoms with Crippen LogP contribution in [-0.2, 0) is 9.47 Å². The standard InChI is InChI=1S/C12H17N3O4/c1-18-10-6-14(7-11(10)19-2)9-5-3-4-8(13)12(9)15(16)17/h3-5,10-11H,6-7,13H2,1-2H3. The number of rotatable bonds is 4. The van der Waals surface area contributed by atoms with Gasteiger partial charge in [-0.1, -0.05) is 6.07 Å². The Morgan fingerprint density at radius 2 is 1.89 bits per heavy atom. The molecule has 2 N–H and O–H groups in total. The Kier molecular flexibility index (Phi) is 3.87. The molecule has 7 nitrogen and oxygen atoms in total. The van der Waals surface area contributed by atoms with Crippen molar-refractivity contribution in [2.75, 3.05) is 37.9 Å². The van der Waals surface area contributed by atoms with E-state index in [9.17, 15) is 10.1 Å². The lowest BCUT2D eigenvalue weighted by Crippen LogP contribution is -2.27. The number of nitrogen functional groups attached to an aromatic ring is 1. The number of hydrogen-bond donors (Lipinski definition) is 1. The molecular weight excluding hydrogens is 250 g/mol. The fourth-order valence-electron chi connectivity index (χ4n) is 2.40. The molecule has 1 heterocycles. The van der Waals surface area contributed by atoms with Gasteiger partial charge < -0.3 is 20.1 Å². The Morgan fingerprint density at radius 1 is 1.32 bits per heavy atom. The summed E-state index contributed by atoms with van der Waals surface area (Å²) in [6.45, 7) is 1.08. The zero-order chi connectivity index (χ0) is 14.0. The normalized spacial score (nSPS) is 22.7. The molecule has 104 valence electrons. The first kappa shape index (κ1) is 13.6. The highest BCUT2D eigenvalue weighted by Crippen LogP contribution is 2.35. The Hall–Kier alpha value is -1.86. The third-order valence-corrected chi connectivity index (χ3v) is 3.39. The van der Waals surface area contributed by atoms with E-state index in [1.165, 1.54) is 6.07 Å². The number of nitro benzene ring substituents is 1. The van der Waals surface area contributed by atoms with Gasteiger partial charge in [0, 0.05) is 27.3 Å². The first-order valence-electron chi connectivity index (χ1n) is 5.92. The van der Waals surface area contributed by atoms with Crippen LogP contribution >= 0.6 is 0 Å². The van der Waals surface area contributed by atoms with Crippen molar-refractivity contribution in [1.29, 1.82) is 0 Å². The van der Waals surface area contributed by atoms with Crippen LogP contribution in [0.5, 0.6) is 0 Å². The van der Waals surface area contributed by atoms with Crippen molar-refractivity contribution in [3.05, 3.63) is 28.3 Å². The molecule has 0 bridgehead atoms. The number of nitrogens with zero attached hydrogens (tertiary/aromatic N) is 2. The number of hydrogen-bond acceptors (Lipinski definition) is 6. The van der Waals surface area contributed by atoms with Crippen LogP contribution in [0.25, 0.3) is 0 Å². The number of methoxy groups -OCH3 is 2. The summed E-state index contributed by atoms with van der Waals surface area (Å²) in [6.07, 6.45) is -0.211. The van der Waals surface area contributed by atoms with Crippen LogP contribution < -0.4 is 10.6 Å². The topological polar surface area (TPSA) is 90.9 Å². The van der Waals surface area contributed by atoms with Crippen molar-refractivity contribution in [2.24, 2.45) is 0 Å². The molecule has 0 aliphatic carbocycles. The maximum Gasteiger partial charge on any atom is 0.315 e. The van der Waals surface area contributed by atoms with E-state index in [-0.39, 0.29) is 23.6 Å². The third-order valence-electron chi connectivity index (χ3n) is 3.39. The molecule has 1 aromatic rings. The van der Waals surface area contributed by atoms with E-state index in [1.54, 1.807) is 26.4 Å². The van der Waals surface area contributed by atoms with E-state index in [2.05, 4.69) is 0 Å². The molecule has 7 heteroatoms. The zero-order valence-corrected chi connectivity index (χ0v) is 10.9. The Labute approximate surface area is 111 Å². The molecule has 2 atom stereocenters. The lowest BCUT2D eigenvalue weighted by atomic mass is 10.2. The predicted octanol–water partition coefficient (Wildman–Crippen LogP) is 1.03. The van der Waals surface area contributed by atoms with E-state index in [0.717, 1.165) is 0 Å². The van der Waals surface area contributed by atoms with Crippen molar-refractivity contribution in [1.82, 2.24) is 0 Å². The summed E-state index contributed by atoms with van der Waals surface area (Å²) in [5.74, 6) is 0. The van der Waals surface area contributed by atoms with Gasteiger partial charge in [0.1, 0.15) is 23.6 Å². The number of nitro groups is 1. The number of nitrogens with two attached hydrogens (primary N) is 1. The van der Waals surface area contributed by atoms with Crippen LogP contribution in [0.4, 0.5) is 17.1 Å². The van der Waals surface area contributed by atoms with Crippen LogP contribution in [0, 0.1) is 10.1 Å². The summed E-state index contributed by atoms with van der Waals surface area (Å²) >= 11 is 0. The van der Waals surface area contributed by atoms with E-state index < -0.39 is 4.92 Å². The van der Waals surface area contributed by atoms with Crippen LogP contribution in [0.1, 0.15) is 0 Å². The largest absolute Gasteiger partial charge is 0.393 e. The van der Waals surface area contributed by atoms with Crippen molar-refractivity contribution in [3.63, 3.8) is 0 Å². The van der Waals surface area contributed by atoms with E-state index >= 15 is 0 Å². The maximum absolute atomic E-state index is 11.1. The number of anilines is 2. The minimum atomic E-state index is -0.452. The van der Waals surface area contributed by atoms with Gasteiger partial charge >= 0.3 is 5.69 Å². The number of ether oxygens (including phenoxy) is 2. The SMILES string of the molecule is COC1CN(c2cccc(N)c2[N+](=O)[O-])CC1OC. The van der Waals surface area contributed by atoms with Crippen molar-refractivity contribution < 1.29 is 14.4 Å². The van der Waals surface area contributed by atoms with E-state index in [1.807, 2.05) is 4.90 Å². The first-order chi connectivity index (χ1) is 9.08. The lowest BCUT2D eigenvalue weighted by molar-refractivity contribution is -0.383. The maximum atomic E-state index is 11.1. The zero-order valence-electron chi connectivity index (χ0n) is 10.9. The molecule has 1 fully saturated rings. The monoisotopic (exact) mass is 267 g/mol. The van der Waals surface area contributed by atoms with Gasteiger partial charge in [-0.2, -0.15) is 0 Å². The van der Waals surface area contributed by atoms with Crippen LogP contribution in [0.2, 0.25) is 0 Å². The summed E-state index contributed by atoms with van der Waals surface area (Å²) in [6, 6.07) is 4.93. The molecule has 19 heavy (non-hydrogen) atoms. The molecule has 0 saturated carbocycles. The minimum Gasteiger partial charge on any atom is -0.393 e. The molecule has 1 aromatic carbocycles. The van der Waals surface area contributed by atoms with Gasteiger partial charge in [-0.15, -0.1) is 0 Å². The van der Waals surface area contributed by atoms with E-state index in [0.29, 0.717) is 18.8 Å². The van der Waals surface area contributed by atoms with Crippen LogP contribution in [0.15, 0.2) is 18.2 Å². The molecule has 2 unspecified atom stereocenters. The number of para-hydroxylation sites is 1. The Balaban J connectivity index is 2.33. The molecule has 0 aromatic heterocycles. The highest BCUT2D eigenvalue weighted by molar-refractivity contribution is 5.75. The Morgan fingerprint density at radius 3 is 2.37 bits per heavy atom. The Bertz CT molecular complexity index is 468. The van der Waals surface area contributed by atoms with Gasteiger partial charge in [0.2, 0.25) is 0 Å². The summed E-state index contributed by atoms with van der Waals surface area (Å²) in [5, 5.41) is 11.1. The average Bonchev–Trinajstić information content (AvgIpc) is 2.81. The molecule has 1 saturated heterocycles. The van der Waals surface area contributed by atoms with Gasteiger partial charge in [0.15, 0.2) is 0 Å². The second-order valence-electron chi connectivity index (χ2n) is 4.43. The van der Waals surface area contributed by atoms with Crippen molar-refractivity contribution >= 4 is 17.1 Å². The first-order valence-corrected chi connectivity index (χ1v) is 5.92. The second kappa shape index (κ2) is 5.41. The van der Waals surface area contributed by atoms with E-state index in [4.69, 9.17) is 15.2 Å². The molecule has 0 spiro atoms. The highest BCUT2D eigenvalue weighted by Gasteiger charge is 2.36. The molecule has 2 rings (SSSR count). The molecule has 0 amide bonds. The summed E-state index contributed by atoms with van der Waals surface area (Å²) in [5.41, 5.74) is 6.30. The molecule has 0 radical (unpaired) electrons. The quantitative estimate of drug-likeness (QED) is 0.497. The van der Waals surface area contributed by atoms with Gasteiger partial charge in [-0.3, -0.25) is 10.1 Å². The summed E-state index contributed by atoms with van der Waals surface area (Å²) < 4.78 is 10.7. The molecular formula is C12H17N3O4. The molecule has 1 aliphatic rings. The van der Waals surface area contributed by atoms with Gasteiger partial charge in [-0.25, -0.2) is 0 Å². The molecule has 1 aliphatic heterocycles. The van der Waals surface area contributed by atoms with Crippen LogP contribution in [0.3, 0.4) is 0 Å².